The summed E-state index contributed by atoms with van der Waals surface area (Å²) in [5.74, 6) is 0. The molecule has 0 aromatic heterocycles. The minimum atomic E-state index is -3.45. The van der Waals surface area contributed by atoms with Crippen LogP contribution < -0.4 is 15.9 Å². The van der Waals surface area contributed by atoms with Crippen LogP contribution >= 0.6 is 7.06 Å². The van der Waals surface area contributed by atoms with Gasteiger partial charge in [0, 0.05) is 0 Å². The maximum atomic E-state index is 7.21. The van der Waals surface area contributed by atoms with E-state index in [0.717, 1.165) is 28.8 Å². The summed E-state index contributed by atoms with van der Waals surface area (Å²) in [6.07, 6.45) is 4.92. The van der Waals surface area contributed by atoms with E-state index in [1.807, 2.05) is 0 Å². The molecule has 1 saturated carbocycles. The molecule has 1 saturated heterocycles. The van der Waals surface area contributed by atoms with E-state index in [9.17, 15) is 0 Å². The van der Waals surface area contributed by atoms with E-state index in [1.165, 1.54) is 12.8 Å². The predicted octanol–water partition coefficient (Wildman–Crippen LogP) is 4.70. The normalized spacial score (nSPS) is 27.2. The van der Waals surface area contributed by atoms with Crippen molar-refractivity contribution in [2.24, 2.45) is 0 Å². The summed E-state index contributed by atoms with van der Waals surface area (Å²) >= 11 is 0. The van der Waals surface area contributed by atoms with Crippen molar-refractivity contribution < 1.29 is 9.05 Å². The molecule has 3 aromatic rings. The van der Waals surface area contributed by atoms with Crippen LogP contribution in [0.5, 0.6) is 0 Å². The van der Waals surface area contributed by atoms with Crippen LogP contribution in [0, 0.1) is 0 Å². The van der Waals surface area contributed by atoms with Crippen molar-refractivity contribution in [2.75, 3.05) is 0 Å². The standard InChI is InChI=1S/C24H25O2P/c1-4-12-20(13-5-1)27(21-14-6-2-7-15-21,22-16-8-3-9-17-22)25-23-18-10-11-19-24(23)26-27/h1-9,12-17,23-24H,10-11,18-19H2/t23-,24-/m0/s1. The molecule has 5 rings (SSSR count). The Kier molecular flexibility index (Phi) is 4.16. The van der Waals surface area contributed by atoms with E-state index in [-0.39, 0.29) is 12.2 Å². The van der Waals surface area contributed by atoms with Gasteiger partial charge in [-0.2, -0.15) is 0 Å². The van der Waals surface area contributed by atoms with Gasteiger partial charge in [0.1, 0.15) is 0 Å². The van der Waals surface area contributed by atoms with Gasteiger partial charge < -0.3 is 0 Å². The summed E-state index contributed by atoms with van der Waals surface area (Å²) in [4.78, 5) is 0. The molecule has 2 fully saturated rings. The van der Waals surface area contributed by atoms with Crippen LogP contribution in [0.4, 0.5) is 0 Å². The van der Waals surface area contributed by atoms with E-state index >= 15 is 0 Å². The van der Waals surface area contributed by atoms with Gasteiger partial charge in [0.2, 0.25) is 0 Å². The average molecular weight is 376 g/mol. The van der Waals surface area contributed by atoms with Gasteiger partial charge in [-0.15, -0.1) is 0 Å². The second-order valence-corrected chi connectivity index (χ2v) is 11.4. The summed E-state index contributed by atoms with van der Waals surface area (Å²) in [5.41, 5.74) is 0. The first-order valence-electron chi connectivity index (χ1n) is 9.89. The third kappa shape index (κ3) is 2.44. The molecule has 2 atom stereocenters. The zero-order valence-corrected chi connectivity index (χ0v) is 16.3. The fourth-order valence-electron chi connectivity index (χ4n) is 4.75. The molecule has 1 heterocycles. The van der Waals surface area contributed by atoms with Crippen molar-refractivity contribution >= 4 is 23.0 Å². The fraction of sp³-hybridized carbons (Fsp3) is 0.250. The summed E-state index contributed by atoms with van der Waals surface area (Å²) < 4.78 is 14.4. The van der Waals surface area contributed by atoms with Gasteiger partial charge in [-0.05, 0) is 0 Å². The first kappa shape index (κ1) is 17.1. The molecule has 0 spiro atoms. The quantitative estimate of drug-likeness (QED) is 0.617. The van der Waals surface area contributed by atoms with Gasteiger partial charge >= 0.3 is 161 Å². The molecular formula is C24H25O2P. The van der Waals surface area contributed by atoms with Gasteiger partial charge in [-0.1, -0.05) is 0 Å². The molecule has 3 heteroatoms. The Bertz CT molecular complexity index is 793. The Morgan fingerprint density at radius 3 is 1.19 bits per heavy atom. The van der Waals surface area contributed by atoms with Gasteiger partial charge in [0.15, 0.2) is 0 Å². The van der Waals surface area contributed by atoms with Crippen LogP contribution in [0.25, 0.3) is 0 Å². The van der Waals surface area contributed by atoms with Crippen LogP contribution in [0.1, 0.15) is 25.7 Å². The number of benzene rings is 3. The number of fused-ring (bicyclic) bond motifs is 1. The molecule has 3 aromatic carbocycles. The van der Waals surface area contributed by atoms with Gasteiger partial charge in [-0.3, -0.25) is 0 Å². The summed E-state index contributed by atoms with van der Waals surface area (Å²) in [5, 5.41) is 3.49. The fourth-order valence-corrected chi connectivity index (χ4v) is 10.1. The maximum absolute atomic E-state index is 7.21. The van der Waals surface area contributed by atoms with Gasteiger partial charge in [0.05, 0.1) is 0 Å². The van der Waals surface area contributed by atoms with E-state index in [0.29, 0.717) is 0 Å². The van der Waals surface area contributed by atoms with E-state index < -0.39 is 7.06 Å². The van der Waals surface area contributed by atoms with Crippen molar-refractivity contribution in [1.82, 2.24) is 0 Å². The Hall–Kier alpha value is -1.99. The van der Waals surface area contributed by atoms with Gasteiger partial charge in [0.25, 0.3) is 0 Å². The molecule has 2 aliphatic rings. The second-order valence-electron chi connectivity index (χ2n) is 7.54. The van der Waals surface area contributed by atoms with Crippen molar-refractivity contribution in [1.29, 1.82) is 0 Å². The average Bonchev–Trinajstić information content (AvgIpc) is 3.14. The Balaban J connectivity index is 1.87. The van der Waals surface area contributed by atoms with Crippen LogP contribution in [-0.2, 0) is 9.05 Å². The van der Waals surface area contributed by atoms with Crippen molar-refractivity contribution in [3.8, 4) is 0 Å². The molecule has 2 nitrogen and oxygen atoms in total. The minimum absolute atomic E-state index is 0.164. The Morgan fingerprint density at radius 1 is 0.519 bits per heavy atom. The molecule has 0 N–H and O–H groups in total. The summed E-state index contributed by atoms with van der Waals surface area (Å²) in [6.45, 7) is 0. The van der Waals surface area contributed by atoms with Crippen LogP contribution in [-0.4, -0.2) is 12.2 Å². The molecule has 0 radical (unpaired) electrons. The molecule has 1 aliphatic carbocycles. The Morgan fingerprint density at radius 2 is 0.852 bits per heavy atom. The number of hydrogen-bond donors (Lipinski definition) is 0. The second kappa shape index (κ2) is 6.56. The predicted molar refractivity (Wildman–Crippen MR) is 113 cm³/mol. The van der Waals surface area contributed by atoms with Crippen LogP contribution in [0.15, 0.2) is 91.0 Å². The van der Waals surface area contributed by atoms with Crippen molar-refractivity contribution in [3.63, 3.8) is 0 Å². The molecule has 0 unspecified atom stereocenters. The topological polar surface area (TPSA) is 18.5 Å². The summed E-state index contributed by atoms with van der Waals surface area (Å²) in [6, 6.07) is 31.9. The van der Waals surface area contributed by atoms with E-state index in [2.05, 4.69) is 91.0 Å². The first-order chi connectivity index (χ1) is 13.3. The monoisotopic (exact) mass is 376 g/mol. The SMILES string of the molecule is c1ccc(P2(c3ccccc3)(c3ccccc3)O[C@H]3CCCC[C@@H]3O2)cc1. The third-order valence-electron chi connectivity index (χ3n) is 5.99. The molecule has 1 aliphatic heterocycles. The zero-order chi connectivity index (χ0) is 18.2. The zero-order valence-electron chi connectivity index (χ0n) is 15.4. The molecular weight excluding hydrogens is 351 g/mol. The van der Waals surface area contributed by atoms with E-state index in [4.69, 9.17) is 9.05 Å². The van der Waals surface area contributed by atoms with Crippen molar-refractivity contribution in [2.45, 2.75) is 37.9 Å². The molecule has 27 heavy (non-hydrogen) atoms. The van der Waals surface area contributed by atoms with E-state index in [1.54, 1.807) is 0 Å². The third-order valence-corrected chi connectivity index (χ3v) is 11.0. The summed E-state index contributed by atoms with van der Waals surface area (Å²) in [7, 11) is -3.45. The van der Waals surface area contributed by atoms with Gasteiger partial charge in [-0.25, -0.2) is 0 Å². The molecule has 138 valence electrons. The Labute approximate surface area is 161 Å². The van der Waals surface area contributed by atoms with Crippen LogP contribution in [0.3, 0.4) is 0 Å². The number of rotatable bonds is 3. The molecule has 0 amide bonds. The number of hydrogen-bond acceptors (Lipinski definition) is 2. The first-order valence-corrected chi connectivity index (χ1v) is 12.0. The van der Waals surface area contributed by atoms with Crippen LogP contribution in [0.2, 0.25) is 0 Å². The van der Waals surface area contributed by atoms with Crippen molar-refractivity contribution in [3.05, 3.63) is 91.0 Å². The molecule has 0 bridgehead atoms.